The Hall–Kier alpha value is -0.930. The van der Waals surface area contributed by atoms with Crippen LogP contribution in [0.15, 0.2) is 5.11 Å². The number of hydrogen-bond donors (Lipinski definition) is 4. The quantitative estimate of drug-likeness (QED) is 0.192. The summed E-state index contributed by atoms with van der Waals surface area (Å²) in [7, 11) is 0. The Kier molecular flexibility index (Phi) is 5.59. The maximum atomic E-state index is 9.59. The molecule has 9 nitrogen and oxygen atoms in total. The molecule has 9 heteroatoms. The molecule has 0 amide bonds. The summed E-state index contributed by atoms with van der Waals surface area (Å²) in [4.78, 5) is 2.54. The molecule has 1 aliphatic heterocycles. The summed E-state index contributed by atoms with van der Waals surface area (Å²) in [5.74, 6) is 0. The lowest BCUT2D eigenvalue weighted by atomic mass is 9.98. The minimum absolute atomic E-state index is 0.0728. The van der Waals surface area contributed by atoms with Crippen molar-refractivity contribution in [3.8, 4) is 0 Å². The van der Waals surface area contributed by atoms with Crippen molar-refractivity contribution < 1.29 is 24.8 Å². The summed E-state index contributed by atoms with van der Waals surface area (Å²) in [6.07, 6.45) is -4.41. The molecule has 17 heavy (non-hydrogen) atoms. The van der Waals surface area contributed by atoms with Crippen LogP contribution in [0.25, 0.3) is 10.4 Å². The number of aliphatic hydroxyl groups is 3. The largest absolute Gasteiger partial charge is 0.394 e. The Bertz CT molecular complexity index is 283. The van der Waals surface area contributed by atoms with E-state index in [9.17, 15) is 10.2 Å². The molecule has 1 rings (SSSR count). The number of ether oxygens (including phenoxy) is 2. The molecule has 1 aliphatic rings. The Morgan fingerprint density at radius 3 is 2.71 bits per heavy atom. The Labute approximate surface area is 97.4 Å². The molecule has 1 saturated heterocycles. The zero-order chi connectivity index (χ0) is 12.8. The van der Waals surface area contributed by atoms with E-state index in [-0.39, 0.29) is 13.2 Å². The van der Waals surface area contributed by atoms with Crippen molar-refractivity contribution in [1.82, 2.24) is 0 Å². The van der Waals surface area contributed by atoms with Gasteiger partial charge in [-0.3, -0.25) is 0 Å². The highest BCUT2D eigenvalue weighted by atomic mass is 16.7. The number of rotatable bonds is 5. The average molecular weight is 248 g/mol. The first-order chi connectivity index (χ1) is 8.11. The first-order valence-corrected chi connectivity index (χ1v) is 5.12. The second kappa shape index (κ2) is 6.72. The number of nitrogens with zero attached hydrogens (tertiary/aromatic N) is 3. The predicted molar refractivity (Wildman–Crippen MR) is 55.7 cm³/mol. The van der Waals surface area contributed by atoms with Gasteiger partial charge in [-0.2, -0.15) is 0 Å². The van der Waals surface area contributed by atoms with Crippen molar-refractivity contribution in [3.63, 3.8) is 0 Å². The number of nitrogens with two attached hydrogens (primary N) is 1. The van der Waals surface area contributed by atoms with E-state index in [1.165, 1.54) is 0 Å². The van der Waals surface area contributed by atoms with Gasteiger partial charge in [0.05, 0.1) is 19.3 Å². The second-order valence-corrected chi connectivity index (χ2v) is 3.61. The number of azide groups is 1. The van der Waals surface area contributed by atoms with E-state index in [0.29, 0.717) is 0 Å². The molecule has 5 atom stereocenters. The van der Waals surface area contributed by atoms with Crippen LogP contribution in [0.1, 0.15) is 0 Å². The molecule has 0 saturated carbocycles. The lowest BCUT2D eigenvalue weighted by molar-refractivity contribution is -0.264. The highest BCUT2D eigenvalue weighted by Gasteiger charge is 2.42. The van der Waals surface area contributed by atoms with Gasteiger partial charge in [-0.05, 0) is 5.53 Å². The molecule has 0 unspecified atom stereocenters. The third kappa shape index (κ3) is 3.51. The number of hydrogen-bond acceptors (Lipinski definition) is 7. The zero-order valence-corrected chi connectivity index (χ0v) is 9.09. The predicted octanol–water partition coefficient (Wildman–Crippen LogP) is -1.92. The average Bonchev–Trinajstić information content (AvgIpc) is 2.34. The fourth-order valence-corrected chi connectivity index (χ4v) is 1.51. The molecule has 5 N–H and O–H groups in total. The van der Waals surface area contributed by atoms with Gasteiger partial charge >= 0.3 is 0 Å². The van der Waals surface area contributed by atoms with Crippen LogP contribution in [0.4, 0.5) is 0 Å². The maximum absolute atomic E-state index is 9.59. The van der Waals surface area contributed by atoms with Crippen LogP contribution in [-0.4, -0.2) is 65.7 Å². The van der Waals surface area contributed by atoms with E-state index in [1.807, 2.05) is 0 Å². The third-order valence-corrected chi connectivity index (χ3v) is 2.46. The normalized spacial score (nSPS) is 37.5. The van der Waals surface area contributed by atoms with E-state index in [4.69, 9.17) is 25.8 Å². The van der Waals surface area contributed by atoms with Gasteiger partial charge in [0.25, 0.3) is 0 Å². The fourth-order valence-electron chi connectivity index (χ4n) is 1.51. The highest BCUT2D eigenvalue weighted by molar-refractivity contribution is 4.91. The maximum Gasteiger partial charge on any atom is 0.175 e. The highest BCUT2D eigenvalue weighted by Crippen LogP contribution is 2.20. The van der Waals surface area contributed by atoms with Gasteiger partial charge in [-0.15, -0.1) is 0 Å². The van der Waals surface area contributed by atoms with E-state index in [2.05, 4.69) is 10.0 Å². The van der Waals surface area contributed by atoms with Crippen LogP contribution in [-0.2, 0) is 9.47 Å². The van der Waals surface area contributed by atoms with Gasteiger partial charge < -0.3 is 30.5 Å². The fraction of sp³-hybridized carbons (Fsp3) is 1.00. The molecule has 0 bridgehead atoms. The summed E-state index contributed by atoms with van der Waals surface area (Å²) in [6, 6.07) is -0.932. The van der Waals surface area contributed by atoms with Gasteiger partial charge in [0.1, 0.15) is 18.3 Å². The summed E-state index contributed by atoms with van der Waals surface area (Å²) in [5.41, 5.74) is 13.7. The van der Waals surface area contributed by atoms with Gasteiger partial charge in [-0.1, -0.05) is 5.11 Å². The molecule has 1 fully saturated rings. The van der Waals surface area contributed by atoms with Gasteiger partial charge in [0.15, 0.2) is 6.29 Å². The van der Waals surface area contributed by atoms with E-state index >= 15 is 0 Å². The molecule has 0 aliphatic carbocycles. The SMILES string of the molecule is [N-]=[N+]=NCCO[C@@H]1O[C@H](CO)[C@@H](O)[C@H](O)[C@H]1N. The summed E-state index contributed by atoms with van der Waals surface area (Å²) >= 11 is 0. The molecule has 0 aromatic rings. The topological polar surface area (TPSA) is 154 Å². The van der Waals surface area contributed by atoms with Crippen molar-refractivity contribution in [2.75, 3.05) is 19.8 Å². The smallest absolute Gasteiger partial charge is 0.175 e. The van der Waals surface area contributed by atoms with Crippen molar-refractivity contribution >= 4 is 0 Å². The summed E-state index contributed by atoms with van der Waals surface area (Å²) in [5, 5.41) is 31.3. The van der Waals surface area contributed by atoms with Crippen LogP contribution < -0.4 is 5.73 Å². The first-order valence-electron chi connectivity index (χ1n) is 5.12. The Morgan fingerprint density at radius 2 is 2.12 bits per heavy atom. The molecule has 0 aromatic heterocycles. The summed E-state index contributed by atoms with van der Waals surface area (Å²) < 4.78 is 10.3. The lowest BCUT2D eigenvalue weighted by Gasteiger charge is -2.40. The zero-order valence-electron chi connectivity index (χ0n) is 9.09. The van der Waals surface area contributed by atoms with Crippen molar-refractivity contribution in [2.24, 2.45) is 10.8 Å². The third-order valence-electron chi connectivity index (χ3n) is 2.46. The summed E-state index contributed by atoms with van der Waals surface area (Å²) in [6.45, 7) is -0.282. The van der Waals surface area contributed by atoms with E-state index in [1.54, 1.807) is 0 Å². The first kappa shape index (κ1) is 14.1. The van der Waals surface area contributed by atoms with Crippen LogP contribution in [0, 0.1) is 0 Å². The van der Waals surface area contributed by atoms with Crippen LogP contribution >= 0.6 is 0 Å². The van der Waals surface area contributed by atoms with Crippen LogP contribution in [0.2, 0.25) is 0 Å². The molecule has 0 aromatic carbocycles. The minimum Gasteiger partial charge on any atom is -0.394 e. The Morgan fingerprint density at radius 1 is 1.41 bits per heavy atom. The van der Waals surface area contributed by atoms with Gasteiger partial charge in [-0.25, -0.2) is 0 Å². The van der Waals surface area contributed by atoms with Crippen molar-refractivity contribution in [1.29, 1.82) is 0 Å². The second-order valence-electron chi connectivity index (χ2n) is 3.61. The molecule has 0 radical (unpaired) electrons. The molecule has 98 valence electrons. The van der Waals surface area contributed by atoms with Crippen molar-refractivity contribution in [2.45, 2.75) is 30.6 Å². The standard InChI is InChI=1S/C8H16N4O5/c9-5-7(15)6(14)4(3-13)17-8(5)16-2-1-11-12-10/h4-8,13-15H,1-3,9H2/t4-,5-,6-,7-,8-/m1/s1. The van der Waals surface area contributed by atoms with Gasteiger partial charge in [0.2, 0.25) is 0 Å². The van der Waals surface area contributed by atoms with Crippen LogP contribution in [0.3, 0.4) is 0 Å². The van der Waals surface area contributed by atoms with Gasteiger partial charge in [0, 0.05) is 11.5 Å². The molecule has 1 heterocycles. The molecular weight excluding hydrogens is 232 g/mol. The van der Waals surface area contributed by atoms with Crippen LogP contribution in [0.5, 0.6) is 0 Å². The number of aliphatic hydroxyl groups excluding tert-OH is 3. The van der Waals surface area contributed by atoms with E-state index in [0.717, 1.165) is 0 Å². The molecular formula is C8H16N4O5. The van der Waals surface area contributed by atoms with Crippen molar-refractivity contribution in [3.05, 3.63) is 10.4 Å². The molecule has 0 spiro atoms. The van der Waals surface area contributed by atoms with E-state index < -0.39 is 37.3 Å². The Balaban J connectivity index is 2.50. The lowest BCUT2D eigenvalue weighted by Crippen LogP contribution is -2.62. The minimum atomic E-state index is -1.26. The monoisotopic (exact) mass is 248 g/mol.